The minimum absolute atomic E-state index is 0.116. The van der Waals surface area contributed by atoms with Crippen molar-refractivity contribution in [3.05, 3.63) is 54.1 Å². The molecule has 3 aromatic rings. The summed E-state index contributed by atoms with van der Waals surface area (Å²) in [5, 5.41) is 4.56. The summed E-state index contributed by atoms with van der Waals surface area (Å²) in [5.41, 5.74) is 7.79. The zero-order chi connectivity index (χ0) is 19.0. The van der Waals surface area contributed by atoms with Crippen LogP contribution >= 0.6 is 0 Å². The first-order chi connectivity index (χ1) is 13.0. The number of anilines is 2. The van der Waals surface area contributed by atoms with E-state index in [1.165, 1.54) is 4.31 Å². The van der Waals surface area contributed by atoms with Gasteiger partial charge in [-0.05, 0) is 30.2 Å². The van der Waals surface area contributed by atoms with Gasteiger partial charge in [0, 0.05) is 11.9 Å². The van der Waals surface area contributed by atoms with Crippen LogP contribution in [0.3, 0.4) is 0 Å². The monoisotopic (exact) mass is 386 g/mol. The Balaban J connectivity index is 1.62. The zero-order valence-electron chi connectivity index (χ0n) is 14.4. The summed E-state index contributed by atoms with van der Waals surface area (Å²) in [4.78, 5) is 12.4. The van der Waals surface area contributed by atoms with Gasteiger partial charge in [0.05, 0.1) is 17.0 Å². The van der Waals surface area contributed by atoms with Crippen LogP contribution in [-0.4, -0.2) is 36.6 Å². The van der Waals surface area contributed by atoms with Crippen LogP contribution in [-0.2, 0) is 21.4 Å². The number of aromatic nitrogens is 2. The molecule has 2 aromatic carbocycles. The van der Waals surface area contributed by atoms with E-state index in [1.807, 2.05) is 30.3 Å². The van der Waals surface area contributed by atoms with Gasteiger partial charge in [-0.15, -0.1) is 5.10 Å². The number of ether oxygens (including phenoxy) is 1. The van der Waals surface area contributed by atoms with E-state index in [0.717, 1.165) is 10.2 Å². The number of rotatable bonds is 3. The summed E-state index contributed by atoms with van der Waals surface area (Å²) < 4.78 is 32.0. The molecule has 140 valence electrons. The quantitative estimate of drug-likeness (QED) is 0.740. The second kappa shape index (κ2) is 6.58. The molecule has 1 aliphatic heterocycles. The number of nitrogens with zero attached hydrogens (tertiary/aromatic N) is 3. The van der Waals surface area contributed by atoms with Gasteiger partial charge in [0.25, 0.3) is 0 Å². The van der Waals surface area contributed by atoms with Gasteiger partial charge in [-0.2, -0.15) is 4.68 Å². The topological polar surface area (TPSA) is 108 Å². The smallest absolute Gasteiger partial charge is 0.435 e. The van der Waals surface area contributed by atoms with Gasteiger partial charge in [-0.25, -0.2) is 13.2 Å². The standard InChI is InChI=1S/C18H18N4O4S/c19-17-15-11-14(21-9-4-10-27(21,24)25)7-8-16(15)22(20-17)18(23)26-12-13-5-2-1-3-6-13/h1-3,5-8,11H,4,9-10,12H2,(H2,19,20). The number of benzene rings is 2. The number of carbonyl (C=O) groups is 1. The summed E-state index contributed by atoms with van der Waals surface area (Å²) in [6.07, 6.45) is -0.0666. The molecule has 2 N–H and O–H groups in total. The van der Waals surface area contributed by atoms with Crippen molar-refractivity contribution in [3.8, 4) is 0 Å². The van der Waals surface area contributed by atoms with Gasteiger partial charge < -0.3 is 10.5 Å². The second-order valence-corrected chi connectivity index (χ2v) is 8.29. The maximum atomic E-state index is 12.4. The van der Waals surface area contributed by atoms with E-state index in [4.69, 9.17) is 10.5 Å². The fourth-order valence-electron chi connectivity index (χ4n) is 3.13. The highest BCUT2D eigenvalue weighted by atomic mass is 32.2. The molecule has 8 nitrogen and oxygen atoms in total. The highest BCUT2D eigenvalue weighted by Gasteiger charge is 2.29. The number of hydrogen-bond donors (Lipinski definition) is 1. The fraction of sp³-hybridized carbons (Fsp3) is 0.222. The molecule has 0 saturated carbocycles. The number of sulfonamides is 1. The molecule has 9 heteroatoms. The number of fused-ring (bicyclic) bond motifs is 1. The van der Waals surface area contributed by atoms with Crippen molar-refractivity contribution in [2.75, 3.05) is 22.3 Å². The molecule has 27 heavy (non-hydrogen) atoms. The van der Waals surface area contributed by atoms with Crippen LogP contribution in [0.15, 0.2) is 48.5 Å². The molecule has 4 rings (SSSR count). The van der Waals surface area contributed by atoms with E-state index >= 15 is 0 Å². The first kappa shape index (κ1) is 17.3. The molecule has 0 amide bonds. The third-order valence-corrected chi connectivity index (χ3v) is 6.33. The van der Waals surface area contributed by atoms with Crippen LogP contribution in [0.25, 0.3) is 10.9 Å². The third-order valence-electron chi connectivity index (χ3n) is 4.46. The van der Waals surface area contributed by atoms with Gasteiger partial charge in [0.1, 0.15) is 6.61 Å². The Morgan fingerprint density at radius 3 is 2.67 bits per heavy atom. The average molecular weight is 386 g/mol. The van der Waals surface area contributed by atoms with Gasteiger partial charge >= 0.3 is 6.09 Å². The average Bonchev–Trinajstić information content (AvgIpc) is 3.19. The van der Waals surface area contributed by atoms with Crippen molar-refractivity contribution in [2.45, 2.75) is 13.0 Å². The number of hydrogen-bond acceptors (Lipinski definition) is 6. The molecule has 0 atom stereocenters. The van der Waals surface area contributed by atoms with Crippen molar-refractivity contribution in [1.29, 1.82) is 0 Å². The lowest BCUT2D eigenvalue weighted by Crippen LogP contribution is -2.24. The van der Waals surface area contributed by atoms with Gasteiger partial charge in [-0.1, -0.05) is 30.3 Å². The predicted octanol–water partition coefficient (Wildman–Crippen LogP) is 2.34. The van der Waals surface area contributed by atoms with Crippen LogP contribution < -0.4 is 10.0 Å². The summed E-state index contributed by atoms with van der Waals surface area (Å²) >= 11 is 0. The largest absolute Gasteiger partial charge is 0.443 e. The molecule has 1 saturated heterocycles. The maximum absolute atomic E-state index is 12.4. The molecular formula is C18H18N4O4S. The predicted molar refractivity (Wildman–Crippen MR) is 102 cm³/mol. The van der Waals surface area contributed by atoms with Crippen LogP contribution in [0.4, 0.5) is 16.3 Å². The Kier molecular flexibility index (Phi) is 4.23. The van der Waals surface area contributed by atoms with Crippen molar-refractivity contribution in [3.63, 3.8) is 0 Å². The SMILES string of the molecule is Nc1nn(C(=O)OCc2ccccc2)c2ccc(N3CCCS3(=O)=O)cc12. The van der Waals surface area contributed by atoms with Crippen LogP contribution in [0.1, 0.15) is 12.0 Å². The van der Waals surface area contributed by atoms with Gasteiger partial charge in [0.2, 0.25) is 10.0 Å². The lowest BCUT2D eigenvalue weighted by molar-refractivity contribution is 0.139. The Morgan fingerprint density at radius 2 is 1.96 bits per heavy atom. The van der Waals surface area contributed by atoms with E-state index in [9.17, 15) is 13.2 Å². The lowest BCUT2D eigenvalue weighted by Gasteiger charge is -2.16. The molecular weight excluding hydrogens is 368 g/mol. The first-order valence-electron chi connectivity index (χ1n) is 8.45. The molecule has 2 heterocycles. The molecule has 0 bridgehead atoms. The summed E-state index contributed by atoms with van der Waals surface area (Å²) in [6.45, 7) is 0.548. The van der Waals surface area contributed by atoms with Crippen LogP contribution in [0.2, 0.25) is 0 Å². The first-order valence-corrected chi connectivity index (χ1v) is 10.1. The Hall–Kier alpha value is -3.07. The minimum atomic E-state index is -3.30. The van der Waals surface area contributed by atoms with E-state index in [-0.39, 0.29) is 18.2 Å². The summed E-state index contributed by atoms with van der Waals surface area (Å²) in [7, 11) is -3.30. The van der Waals surface area contributed by atoms with Crippen molar-refractivity contribution < 1.29 is 17.9 Å². The number of carbonyl (C=O) groups excluding carboxylic acids is 1. The summed E-state index contributed by atoms with van der Waals surface area (Å²) in [6, 6.07) is 14.2. The molecule has 0 aliphatic carbocycles. The van der Waals surface area contributed by atoms with E-state index in [2.05, 4.69) is 5.10 Å². The summed E-state index contributed by atoms with van der Waals surface area (Å²) in [5.74, 6) is 0.270. The molecule has 1 fully saturated rings. The van der Waals surface area contributed by atoms with E-state index in [0.29, 0.717) is 29.6 Å². The fourth-order valence-corrected chi connectivity index (χ4v) is 4.69. The molecule has 0 spiro atoms. The highest BCUT2D eigenvalue weighted by Crippen LogP contribution is 2.30. The molecule has 0 radical (unpaired) electrons. The normalized spacial score (nSPS) is 15.9. The van der Waals surface area contributed by atoms with Crippen LogP contribution in [0, 0.1) is 0 Å². The van der Waals surface area contributed by atoms with Crippen molar-refractivity contribution >= 4 is 38.5 Å². The molecule has 1 aliphatic rings. The number of nitrogens with two attached hydrogens (primary N) is 1. The van der Waals surface area contributed by atoms with Gasteiger partial charge in [-0.3, -0.25) is 4.31 Å². The third kappa shape index (κ3) is 3.21. The lowest BCUT2D eigenvalue weighted by atomic mass is 10.2. The molecule has 0 unspecified atom stereocenters. The second-order valence-electron chi connectivity index (χ2n) is 6.28. The molecule has 1 aromatic heterocycles. The maximum Gasteiger partial charge on any atom is 0.435 e. The van der Waals surface area contributed by atoms with Crippen molar-refractivity contribution in [1.82, 2.24) is 9.78 Å². The van der Waals surface area contributed by atoms with Crippen LogP contribution in [0.5, 0.6) is 0 Å². The zero-order valence-corrected chi connectivity index (χ0v) is 15.2. The Morgan fingerprint density at radius 1 is 1.19 bits per heavy atom. The van der Waals surface area contributed by atoms with Crippen molar-refractivity contribution in [2.24, 2.45) is 0 Å². The number of nitrogen functional groups attached to an aromatic ring is 1. The minimum Gasteiger partial charge on any atom is -0.443 e. The van der Waals surface area contributed by atoms with Gasteiger partial charge in [0.15, 0.2) is 5.82 Å². The van der Waals surface area contributed by atoms with E-state index < -0.39 is 16.1 Å². The van der Waals surface area contributed by atoms with E-state index in [1.54, 1.807) is 18.2 Å². The Bertz CT molecular complexity index is 1110. The Labute approximate surface area is 156 Å². The highest BCUT2D eigenvalue weighted by molar-refractivity contribution is 7.93.